The molecule has 0 aromatic carbocycles. The Kier molecular flexibility index (Phi) is 7.66. The van der Waals surface area contributed by atoms with Crippen molar-refractivity contribution in [1.29, 1.82) is 0 Å². The van der Waals surface area contributed by atoms with E-state index in [9.17, 15) is 4.79 Å². The molecule has 1 saturated heterocycles. The van der Waals surface area contributed by atoms with Crippen molar-refractivity contribution >= 4 is 35.1 Å². The van der Waals surface area contributed by atoms with E-state index in [1.807, 2.05) is 6.07 Å². The third-order valence-corrected chi connectivity index (χ3v) is 6.64. The number of carbonyl (C=O) groups is 1. The van der Waals surface area contributed by atoms with E-state index in [0.717, 1.165) is 57.3 Å². The summed E-state index contributed by atoms with van der Waals surface area (Å²) in [4.78, 5) is 22.6. The minimum atomic E-state index is 0.0257. The van der Waals surface area contributed by atoms with Crippen LogP contribution in [0.15, 0.2) is 12.3 Å². The van der Waals surface area contributed by atoms with E-state index in [1.165, 1.54) is 19.3 Å². The van der Waals surface area contributed by atoms with Gasteiger partial charge < -0.3 is 15.1 Å². The van der Waals surface area contributed by atoms with Gasteiger partial charge in [0.25, 0.3) is 0 Å². The number of rotatable bonds is 5. The summed E-state index contributed by atoms with van der Waals surface area (Å²) in [6.45, 7) is 5.19. The molecule has 0 atom stereocenters. The minimum Gasteiger partial charge on any atom is -0.354 e. The lowest BCUT2D eigenvalue weighted by Crippen LogP contribution is -2.47. The Bertz CT molecular complexity index is 656. The standard InChI is InChI=1S/C20H31Cl2N5O/c1-25(2)20(28)24-16-5-3-15(4-6-16)7-8-26-9-11-27(12-10-26)19-13-17(21)18(22)14-23-19/h13-16H,3-12H2,1-2H3,(H,24,28). The zero-order chi connectivity index (χ0) is 20.1. The van der Waals surface area contributed by atoms with Crippen LogP contribution in [0.25, 0.3) is 0 Å². The minimum absolute atomic E-state index is 0.0257. The largest absolute Gasteiger partial charge is 0.354 e. The van der Waals surface area contributed by atoms with Gasteiger partial charge in [0, 0.05) is 58.6 Å². The molecule has 1 aliphatic heterocycles. The lowest BCUT2D eigenvalue weighted by Gasteiger charge is -2.37. The average Bonchev–Trinajstić information content (AvgIpc) is 2.70. The Labute approximate surface area is 178 Å². The Morgan fingerprint density at radius 2 is 1.82 bits per heavy atom. The highest BCUT2D eigenvalue weighted by atomic mass is 35.5. The molecule has 8 heteroatoms. The normalized spacial score (nSPS) is 23.5. The number of halogens is 2. The maximum absolute atomic E-state index is 11.8. The van der Waals surface area contributed by atoms with Gasteiger partial charge in [-0.3, -0.25) is 4.90 Å². The molecule has 28 heavy (non-hydrogen) atoms. The molecule has 2 aliphatic rings. The van der Waals surface area contributed by atoms with Crippen LogP contribution in [0.4, 0.5) is 10.6 Å². The molecule has 1 aromatic heterocycles. The molecule has 6 nitrogen and oxygen atoms in total. The molecular formula is C20H31Cl2N5O. The first-order valence-electron chi connectivity index (χ1n) is 10.2. The monoisotopic (exact) mass is 427 g/mol. The van der Waals surface area contributed by atoms with Crippen molar-refractivity contribution in [3.05, 3.63) is 22.3 Å². The van der Waals surface area contributed by atoms with Crippen molar-refractivity contribution in [3.8, 4) is 0 Å². The molecule has 0 bridgehead atoms. The number of carbonyl (C=O) groups excluding carboxylic acids is 1. The third-order valence-electron chi connectivity index (χ3n) is 5.92. The summed E-state index contributed by atoms with van der Waals surface area (Å²) in [5.74, 6) is 1.69. The summed E-state index contributed by atoms with van der Waals surface area (Å²) in [6.07, 6.45) is 7.50. The Balaban J connectivity index is 1.35. The number of anilines is 1. The van der Waals surface area contributed by atoms with Gasteiger partial charge in [-0.1, -0.05) is 23.2 Å². The van der Waals surface area contributed by atoms with Crippen molar-refractivity contribution in [2.75, 3.05) is 51.7 Å². The van der Waals surface area contributed by atoms with Crippen LogP contribution >= 0.6 is 23.2 Å². The number of aromatic nitrogens is 1. The van der Waals surface area contributed by atoms with Crippen LogP contribution in [0.3, 0.4) is 0 Å². The fraction of sp³-hybridized carbons (Fsp3) is 0.700. The molecule has 1 aromatic rings. The zero-order valence-electron chi connectivity index (χ0n) is 16.8. The van der Waals surface area contributed by atoms with Gasteiger partial charge in [0.1, 0.15) is 5.82 Å². The predicted molar refractivity (Wildman–Crippen MR) is 115 cm³/mol. The molecular weight excluding hydrogens is 397 g/mol. The van der Waals surface area contributed by atoms with Crippen LogP contribution < -0.4 is 10.2 Å². The summed E-state index contributed by atoms with van der Waals surface area (Å²) in [7, 11) is 3.58. The first kappa shape index (κ1) is 21.5. The lowest BCUT2D eigenvalue weighted by molar-refractivity contribution is 0.194. The molecule has 0 unspecified atom stereocenters. The topological polar surface area (TPSA) is 51.7 Å². The van der Waals surface area contributed by atoms with Gasteiger partial charge in [0.2, 0.25) is 0 Å². The van der Waals surface area contributed by atoms with Crippen LogP contribution in [0, 0.1) is 5.92 Å². The molecule has 1 saturated carbocycles. The number of hydrogen-bond acceptors (Lipinski definition) is 4. The van der Waals surface area contributed by atoms with Crippen molar-refractivity contribution < 1.29 is 4.79 Å². The van der Waals surface area contributed by atoms with Crippen LogP contribution in [-0.4, -0.2) is 73.7 Å². The Hall–Kier alpha value is -1.24. The molecule has 0 radical (unpaired) electrons. The van der Waals surface area contributed by atoms with Gasteiger partial charge in [-0.2, -0.15) is 0 Å². The number of nitrogens with zero attached hydrogens (tertiary/aromatic N) is 4. The molecule has 156 valence electrons. The highest BCUT2D eigenvalue weighted by Crippen LogP contribution is 2.28. The number of piperazine rings is 1. The number of hydrogen-bond donors (Lipinski definition) is 1. The van der Waals surface area contributed by atoms with E-state index in [4.69, 9.17) is 23.2 Å². The van der Waals surface area contributed by atoms with Gasteiger partial charge in [0.05, 0.1) is 10.0 Å². The quantitative estimate of drug-likeness (QED) is 0.777. The van der Waals surface area contributed by atoms with Crippen molar-refractivity contribution in [2.24, 2.45) is 5.92 Å². The molecule has 3 rings (SSSR count). The molecule has 2 amide bonds. The summed E-state index contributed by atoms with van der Waals surface area (Å²) in [5, 5.41) is 4.18. The summed E-state index contributed by atoms with van der Waals surface area (Å²) in [6, 6.07) is 2.22. The second-order valence-corrected chi connectivity index (χ2v) is 8.95. The molecule has 1 N–H and O–H groups in total. The van der Waals surface area contributed by atoms with Gasteiger partial charge in [-0.25, -0.2) is 9.78 Å². The fourth-order valence-corrected chi connectivity index (χ4v) is 4.29. The van der Waals surface area contributed by atoms with Crippen molar-refractivity contribution in [1.82, 2.24) is 20.1 Å². The van der Waals surface area contributed by atoms with E-state index in [-0.39, 0.29) is 6.03 Å². The van der Waals surface area contributed by atoms with Crippen LogP contribution in [-0.2, 0) is 0 Å². The Morgan fingerprint density at radius 3 is 2.43 bits per heavy atom. The third kappa shape index (κ3) is 5.88. The highest BCUT2D eigenvalue weighted by Gasteiger charge is 2.24. The first-order valence-corrected chi connectivity index (χ1v) is 10.9. The van der Waals surface area contributed by atoms with Gasteiger partial charge >= 0.3 is 6.03 Å². The SMILES string of the molecule is CN(C)C(=O)NC1CCC(CCN2CCN(c3cc(Cl)c(Cl)cn3)CC2)CC1. The summed E-state index contributed by atoms with van der Waals surface area (Å²) >= 11 is 12.1. The zero-order valence-corrected chi connectivity index (χ0v) is 18.3. The molecule has 2 fully saturated rings. The summed E-state index contributed by atoms with van der Waals surface area (Å²) < 4.78 is 0. The van der Waals surface area contributed by atoms with Gasteiger partial charge in [-0.15, -0.1) is 0 Å². The summed E-state index contributed by atoms with van der Waals surface area (Å²) in [5.41, 5.74) is 0. The van der Waals surface area contributed by atoms with E-state index in [2.05, 4.69) is 20.1 Å². The van der Waals surface area contributed by atoms with Crippen molar-refractivity contribution in [3.63, 3.8) is 0 Å². The van der Waals surface area contributed by atoms with E-state index < -0.39 is 0 Å². The molecule has 0 spiro atoms. The maximum Gasteiger partial charge on any atom is 0.317 e. The fourth-order valence-electron chi connectivity index (χ4n) is 4.04. The van der Waals surface area contributed by atoms with E-state index >= 15 is 0 Å². The van der Waals surface area contributed by atoms with Gasteiger partial charge in [-0.05, 0) is 44.6 Å². The average molecular weight is 428 g/mol. The van der Waals surface area contributed by atoms with E-state index in [0.29, 0.717) is 16.1 Å². The predicted octanol–water partition coefficient (Wildman–Crippen LogP) is 3.73. The lowest BCUT2D eigenvalue weighted by atomic mass is 9.84. The second kappa shape index (κ2) is 9.99. The number of urea groups is 1. The van der Waals surface area contributed by atoms with Gasteiger partial charge in [0.15, 0.2) is 0 Å². The van der Waals surface area contributed by atoms with Crippen LogP contribution in [0.1, 0.15) is 32.1 Å². The number of amides is 2. The highest BCUT2D eigenvalue weighted by molar-refractivity contribution is 6.42. The van der Waals surface area contributed by atoms with E-state index in [1.54, 1.807) is 25.2 Å². The molecule has 2 heterocycles. The number of nitrogens with one attached hydrogen (secondary N) is 1. The smallest absolute Gasteiger partial charge is 0.317 e. The molecule has 1 aliphatic carbocycles. The first-order chi connectivity index (χ1) is 13.4. The maximum atomic E-state index is 11.8. The van der Waals surface area contributed by atoms with Crippen LogP contribution in [0.2, 0.25) is 10.0 Å². The van der Waals surface area contributed by atoms with Crippen molar-refractivity contribution in [2.45, 2.75) is 38.1 Å². The van der Waals surface area contributed by atoms with Crippen LogP contribution in [0.5, 0.6) is 0 Å². The number of pyridine rings is 1. The Morgan fingerprint density at radius 1 is 1.14 bits per heavy atom. The second-order valence-electron chi connectivity index (χ2n) is 8.14.